The maximum absolute atomic E-state index is 16.0. The summed E-state index contributed by atoms with van der Waals surface area (Å²) < 4.78 is 44.3. The van der Waals surface area contributed by atoms with Crippen LogP contribution in [0.25, 0.3) is 22.2 Å². The number of ether oxygens (including phenoxy) is 4. The van der Waals surface area contributed by atoms with E-state index in [1.54, 1.807) is 42.5 Å². The summed E-state index contributed by atoms with van der Waals surface area (Å²) in [6, 6.07) is 19.8. The summed E-state index contributed by atoms with van der Waals surface area (Å²) in [5.41, 5.74) is 3.86. The number of hydrogen-bond acceptors (Lipinski definition) is 11. The second kappa shape index (κ2) is 18.1. The summed E-state index contributed by atoms with van der Waals surface area (Å²) in [4.78, 5) is 13.9. The molecule has 2 heterocycles. The number of hydrogen-bond donors (Lipinski definition) is 3. The summed E-state index contributed by atoms with van der Waals surface area (Å²) in [5.74, 6) is -0.379. The van der Waals surface area contributed by atoms with Gasteiger partial charge in [-0.15, -0.1) is 0 Å². The Morgan fingerprint density at radius 2 is 1.73 bits per heavy atom. The SMILES string of the molecule is O=C(O)[C@@H](CO)NCc1cc(Cl)c(OCc2cccc(-c3cccc(OCCCCN4CCOCC4)c3)c2F)cc1OCc1ccc2nonc2c1. The number of fused-ring (bicyclic) bond motifs is 1. The molecule has 0 aliphatic carbocycles. The highest BCUT2D eigenvalue weighted by molar-refractivity contribution is 6.32. The second-order valence-electron chi connectivity index (χ2n) is 12.3. The van der Waals surface area contributed by atoms with E-state index in [0.717, 1.165) is 51.3 Å². The van der Waals surface area contributed by atoms with Crippen LogP contribution >= 0.6 is 11.6 Å². The number of rotatable bonds is 18. The lowest BCUT2D eigenvalue weighted by atomic mass is 10.0. The molecule has 5 aromatic rings. The molecule has 274 valence electrons. The van der Waals surface area contributed by atoms with Gasteiger partial charge in [0.05, 0.1) is 31.5 Å². The van der Waals surface area contributed by atoms with Gasteiger partial charge in [-0.3, -0.25) is 15.0 Å². The Balaban J connectivity index is 1.12. The third-order valence-corrected chi connectivity index (χ3v) is 8.99. The van der Waals surface area contributed by atoms with Crippen LogP contribution in [-0.4, -0.2) is 83.5 Å². The molecule has 12 nitrogen and oxygen atoms in total. The minimum atomic E-state index is -1.20. The lowest BCUT2D eigenvalue weighted by Crippen LogP contribution is -2.39. The Hall–Kier alpha value is -4.79. The number of carbonyl (C=O) groups is 1. The minimum Gasteiger partial charge on any atom is -0.494 e. The van der Waals surface area contributed by atoms with Gasteiger partial charge in [0.25, 0.3) is 0 Å². The number of halogens is 2. The van der Waals surface area contributed by atoms with E-state index in [1.807, 2.05) is 30.3 Å². The van der Waals surface area contributed by atoms with Gasteiger partial charge in [-0.25, -0.2) is 9.02 Å². The van der Waals surface area contributed by atoms with Crippen molar-refractivity contribution in [3.8, 4) is 28.4 Å². The molecular formula is C38H40ClFN4O8. The van der Waals surface area contributed by atoms with Gasteiger partial charge in [0, 0.05) is 42.4 Å². The van der Waals surface area contributed by atoms with Crippen LogP contribution in [0.2, 0.25) is 5.02 Å². The van der Waals surface area contributed by atoms with Gasteiger partial charge in [-0.2, -0.15) is 0 Å². The Kier molecular flexibility index (Phi) is 12.9. The summed E-state index contributed by atoms with van der Waals surface area (Å²) in [7, 11) is 0. The average molecular weight is 735 g/mol. The first-order valence-corrected chi connectivity index (χ1v) is 17.4. The highest BCUT2D eigenvalue weighted by Crippen LogP contribution is 2.35. The summed E-state index contributed by atoms with van der Waals surface area (Å²) in [6.07, 6.45) is 1.94. The van der Waals surface area contributed by atoms with Crippen LogP contribution < -0.4 is 19.5 Å². The molecule has 3 N–H and O–H groups in total. The predicted octanol–water partition coefficient (Wildman–Crippen LogP) is 5.87. The summed E-state index contributed by atoms with van der Waals surface area (Å²) >= 11 is 6.62. The van der Waals surface area contributed by atoms with Crippen LogP contribution in [0.3, 0.4) is 0 Å². The molecule has 0 spiro atoms. The van der Waals surface area contributed by atoms with Crippen molar-refractivity contribution in [1.82, 2.24) is 20.5 Å². The first-order valence-electron chi connectivity index (χ1n) is 17.0. The molecular weight excluding hydrogens is 695 g/mol. The van der Waals surface area contributed by atoms with E-state index in [0.29, 0.717) is 51.4 Å². The van der Waals surface area contributed by atoms with Gasteiger partial charge in [0.15, 0.2) is 0 Å². The quantitative estimate of drug-likeness (QED) is 0.0926. The molecule has 0 bridgehead atoms. The van der Waals surface area contributed by atoms with E-state index in [-0.39, 0.29) is 30.5 Å². The molecule has 0 amide bonds. The van der Waals surface area contributed by atoms with Crippen molar-refractivity contribution in [2.24, 2.45) is 0 Å². The summed E-state index contributed by atoms with van der Waals surface area (Å²) in [6.45, 7) is 4.50. The zero-order valence-corrected chi connectivity index (χ0v) is 29.2. The molecule has 0 unspecified atom stereocenters. The number of aliphatic hydroxyl groups excluding tert-OH is 1. The Labute approximate surface area is 305 Å². The number of aromatic nitrogens is 2. The van der Waals surface area contributed by atoms with Crippen molar-refractivity contribution in [1.29, 1.82) is 0 Å². The van der Waals surface area contributed by atoms with Gasteiger partial charge in [0.2, 0.25) is 0 Å². The van der Waals surface area contributed by atoms with E-state index in [9.17, 15) is 15.0 Å². The standard InChI is InChI=1S/C38H40ClFN4O8/c39-31-19-28(21-41-34(22-45)38(46)47)35(50-23-25-9-10-32-33(17-25)43-52-42-32)20-36(31)51-24-27-6-4-8-30(37(27)40)26-5-3-7-29(18-26)49-14-2-1-11-44-12-15-48-16-13-44/h3-10,17-20,34,41,45H,1-2,11-16,21-24H2,(H,46,47)/t34-/m1/s1. The fourth-order valence-corrected chi connectivity index (χ4v) is 6.02. The van der Waals surface area contributed by atoms with Gasteiger partial charge in [0.1, 0.15) is 53.4 Å². The number of benzene rings is 4. The van der Waals surface area contributed by atoms with Gasteiger partial charge in [-0.05, 0) is 71.2 Å². The number of unbranched alkanes of at least 4 members (excludes halogenated alkanes) is 1. The van der Waals surface area contributed by atoms with Crippen LogP contribution in [-0.2, 0) is 29.3 Å². The molecule has 1 aliphatic rings. The van der Waals surface area contributed by atoms with Crippen molar-refractivity contribution in [3.05, 3.63) is 100 Å². The molecule has 52 heavy (non-hydrogen) atoms. The van der Waals surface area contributed by atoms with Crippen LogP contribution in [0.5, 0.6) is 17.2 Å². The molecule has 0 radical (unpaired) electrons. The number of carboxylic acid groups (broad SMARTS) is 1. The molecule has 6 rings (SSSR count). The van der Waals surface area contributed by atoms with Crippen molar-refractivity contribution in [3.63, 3.8) is 0 Å². The number of morpholine rings is 1. The van der Waals surface area contributed by atoms with Crippen molar-refractivity contribution >= 4 is 28.6 Å². The van der Waals surface area contributed by atoms with Crippen LogP contribution in [0.15, 0.2) is 77.4 Å². The number of aliphatic hydroxyl groups is 1. The highest BCUT2D eigenvalue weighted by atomic mass is 35.5. The van der Waals surface area contributed by atoms with Gasteiger partial charge >= 0.3 is 5.97 Å². The van der Waals surface area contributed by atoms with E-state index in [1.165, 1.54) is 0 Å². The molecule has 1 saturated heterocycles. The number of nitrogens with zero attached hydrogens (tertiary/aromatic N) is 3. The summed E-state index contributed by atoms with van der Waals surface area (Å²) in [5, 5.41) is 29.5. The Bertz CT molecular complexity index is 1950. The normalized spacial score (nSPS) is 14.0. The third kappa shape index (κ3) is 9.75. The fourth-order valence-electron chi connectivity index (χ4n) is 5.78. The Morgan fingerprint density at radius 1 is 0.923 bits per heavy atom. The van der Waals surface area contributed by atoms with E-state index in [2.05, 4.69) is 20.5 Å². The lowest BCUT2D eigenvalue weighted by Gasteiger charge is -2.26. The van der Waals surface area contributed by atoms with Gasteiger partial charge in [-0.1, -0.05) is 48.0 Å². The fraction of sp³-hybridized carbons (Fsp3) is 0.342. The van der Waals surface area contributed by atoms with Crippen LogP contribution in [0.1, 0.15) is 29.5 Å². The molecule has 1 aromatic heterocycles. The Morgan fingerprint density at radius 3 is 2.56 bits per heavy atom. The molecule has 4 aromatic carbocycles. The van der Waals surface area contributed by atoms with Gasteiger partial charge < -0.3 is 29.2 Å². The molecule has 14 heteroatoms. The topological polar surface area (TPSA) is 149 Å². The minimum absolute atomic E-state index is 0.0208. The largest absolute Gasteiger partial charge is 0.494 e. The molecule has 1 aliphatic heterocycles. The van der Waals surface area contributed by atoms with E-state index >= 15 is 4.39 Å². The third-order valence-electron chi connectivity index (χ3n) is 8.70. The zero-order chi connectivity index (χ0) is 36.3. The first-order chi connectivity index (χ1) is 25.4. The van der Waals surface area contributed by atoms with E-state index < -0.39 is 24.4 Å². The van der Waals surface area contributed by atoms with E-state index in [4.69, 9.17) is 35.2 Å². The number of nitrogens with one attached hydrogen (secondary N) is 1. The van der Waals surface area contributed by atoms with Crippen molar-refractivity contribution in [2.45, 2.75) is 38.6 Å². The maximum atomic E-state index is 16.0. The molecule has 1 atom stereocenters. The average Bonchev–Trinajstić information content (AvgIpc) is 3.63. The van der Waals surface area contributed by atoms with Crippen molar-refractivity contribution in [2.75, 3.05) is 46.1 Å². The highest BCUT2D eigenvalue weighted by Gasteiger charge is 2.19. The van der Waals surface area contributed by atoms with Crippen molar-refractivity contribution < 1.29 is 43.0 Å². The number of carboxylic acids is 1. The smallest absolute Gasteiger partial charge is 0.323 e. The monoisotopic (exact) mass is 734 g/mol. The molecule has 0 saturated carbocycles. The van der Waals surface area contributed by atoms with Crippen LogP contribution in [0.4, 0.5) is 4.39 Å². The number of aliphatic carboxylic acids is 1. The first kappa shape index (κ1) is 37.0. The predicted molar refractivity (Wildman–Crippen MR) is 191 cm³/mol. The maximum Gasteiger partial charge on any atom is 0.323 e. The zero-order valence-electron chi connectivity index (χ0n) is 28.4. The second-order valence-corrected chi connectivity index (χ2v) is 12.7. The lowest BCUT2D eigenvalue weighted by molar-refractivity contribution is -0.140. The van der Waals surface area contributed by atoms with Crippen LogP contribution in [0, 0.1) is 5.82 Å². The molecule has 1 fully saturated rings.